The number of nitrogens with zero attached hydrogens (tertiary/aromatic N) is 7. The number of aromatic hydroxyl groups is 23. The second-order valence-electron chi connectivity index (χ2n) is 30.7. The second kappa shape index (κ2) is 40.2. The fourth-order valence-electron chi connectivity index (χ4n) is 14.5. The summed E-state index contributed by atoms with van der Waals surface area (Å²) < 4.78 is 5.12. The molecule has 12 aromatic rings. The quantitative estimate of drug-likeness (QED) is 0.0216. The number of amides is 4. The minimum absolute atomic E-state index is 0.0523. The minimum atomic E-state index is -0.538. The summed E-state index contributed by atoms with van der Waals surface area (Å²) in [6, 6.07) is 45.7. The number of benzene rings is 11. The normalized spacial score (nSPS) is 15.0. The van der Waals surface area contributed by atoms with Crippen LogP contribution in [0, 0.1) is 11.8 Å². The number of hydrogen-bond donors (Lipinski definition) is 23. The maximum Gasteiger partial charge on any atom is 0.312 e. The molecule has 0 saturated carbocycles. The summed E-state index contributed by atoms with van der Waals surface area (Å²) in [4.78, 5) is 79.3. The number of likely N-dealkylation sites (N-methyl/N-ethyl adjacent to an activating group) is 2. The van der Waals surface area contributed by atoms with E-state index in [1.165, 1.54) is 180 Å². The molecule has 4 atom stereocenters. The molecule has 15 rings (SSSR count). The third-order valence-corrected chi connectivity index (χ3v) is 21.4. The standard InChI is InChI=1S/C20H23NO5.C19H18N2O6.C19H16O6.C18H20N2O6.C17H14N2O6/c1-21-10-14(6-12-2-4-16(22)18(24)8-12)20(26)15(11-21)7-13-3-5-17(23)19(25)9-13;22-14-3-1-10(5-16(14)24)18(26)20-8-13-7-12(20)9-21(13)19(27)11-2-4-15(23)17(25)6-11;20-13-4-1-10(7-16(13)23)19(11-2-5-14(21)17(24)8-11)12-3-6-15(22)18(25)9-12;1-19(17(25)11-3-5-13(21)15(23)9-11)7-8-20(2)18(26)12-4-6-14(22)16(24)10-12;20-12-3-1-9(5-14(12)22)7-18-8-11-17(24)25-16(19-11)10-2-4-13(21)15(23)6-10/h2-5,8-9,14-15,22-25H,6-7,10-11H2,1H3;1-6,12-13,22-25H,7-9H2;1-9,19-25H;3-6,9-10,21-24H,7-8H2,1-2H3;1-6,8,20-24H,7H2. The van der Waals surface area contributed by atoms with Gasteiger partial charge in [0, 0.05) is 98.9 Å². The van der Waals surface area contributed by atoms with Gasteiger partial charge in [0.2, 0.25) is 5.89 Å². The Balaban J connectivity index is 0.000000156. The second-order valence-corrected chi connectivity index (χ2v) is 30.7. The Morgan fingerprint density at radius 1 is 0.380 bits per heavy atom. The van der Waals surface area contributed by atoms with Crippen LogP contribution >= 0.6 is 0 Å². The Bertz CT molecular complexity index is 5870. The summed E-state index contributed by atoms with van der Waals surface area (Å²) in [5.74, 6) is -8.67. The smallest absolute Gasteiger partial charge is 0.312 e. The highest BCUT2D eigenvalue weighted by molar-refractivity contribution is 5.98. The van der Waals surface area contributed by atoms with Crippen molar-refractivity contribution in [2.24, 2.45) is 16.8 Å². The molecule has 0 radical (unpaired) electrons. The SMILES string of the molecule is CN(CCN(C)C(=O)c1ccc(O)c(O)c1)C(=O)c1ccc(O)c(O)c1.CN1CC(Cc2ccc(O)c(O)c2)C(=O)C(Cc2ccc(O)c(O)c2)C1.O=C(c1ccc(O)c(O)c1)N1CC2CC1CN2C(=O)c1ccc(O)c(O)c1.Oc1ccc(C(c2ccc(O)c(O)c2)c2ccc(O)c(O)c2)cc1O.Oc1ccc(CN=Cc2nc(-c3ccc(O)c(O)c3)oc2O)cc1O. The molecule has 129 heavy (non-hydrogen) atoms. The van der Waals surface area contributed by atoms with E-state index in [0.29, 0.717) is 73.3 Å². The molecule has 1 aromatic heterocycles. The van der Waals surface area contributed by atoms with Gasteiger partial charge in [-0.15, -0.1) is 0 Å². The summed E-state index contributed by atoms with van der Waals surface area (Å²) in [6.45, 7) is 2.67. The summed E-state index contributed by atoms with van der Waals surface area (Å²) in [6.07, 6.45) is 2.95. The molecular weight excluding hydrogens is 1680 g/mol. The molecule has 4 amide bonds. The number of piperidine rings is 1. The van der Waals surface area contributed by atoms with E-state index >= 15 is 0 Å². The molecule has 11 aromatic carbocycles. The van der Waals surface area contributed by atoms with Gasteiger partial charge in [-0.3, -0.25) is 29.0 Å². The van der Waals surface area contributed by atoms with Crippen LogP contribution in [0.3, 0.4) is 0 Å². The van der Waals surface area contributed by atoms with Crippen LogP contribution in [0.4, 0.5) is 0 Å². The number of piperazine rings is 1. The zero-order chi connectivity index (χ0) is 93.7. The van der Waals surface area contributed by atoms with Crippen molar-refractivity contribution in [3.8, 4) is 144 Å². The number of likely N-dealkylation sites (tertiary alicyclic amines) is 3. The zero-order valence-electron chi connectivity index (χ0n) is 69.0. The number of fused-ring (bicyclic) bond motifs is 2. The maximum absolute atomic E-state index is 12.9. The third kappa shape index (κ3) is 22.8. The first-order chi connectivity index (χ1) is 61.2. The number of ketones is 1. The summed E-state index contributed by atoms with van der Waals surface area (Å²) in [7, 11) is 5.07. The van der Waals surface area contributed by atoms with Gasteiger partial charge in [0.25, 0.3) is 23.6 Å². The van der Waals surface area contributed by atoms with Crippen molar-refractivity contribution in [2.45, 2.75) is 43.8 Å². The fraction of sp³-hybridized carbons (Fsp3) is 0.194. The molecule has 23 N–H and O–H groups in total. The number of hydrogen-bond acceptors (Lipinski definition) is 32. The van der Waals surface area contributed by atoms with Crippen molar-refractivity contribution in [3.63, 3.8) is 0 Å². The van der Waals surface area contributed by atoms with Gasteiger partial charge in [-0.1, -0.05) is 36.4 Å². The van der Waals surface area contributed by atoms with Crippen molar-refractivity contribution in [3.05, 3.63) is 262 Å². The van der Waals surface area contributed by atoms with Crippen LogP contribution in [0.1, 0.15) is 92.8 Å². The molecule has 36 nitrogen and oxygen atoms in total. The van der Waals surface area contributed by atoms with Gasteiger partial charge in [-0.2, -0.15) is 0 Å². The van der Waals surface area contributed by atoms with E-state index in [-0.39, 0.29) is 233 Å². The first kappa shape index (κ1) is 92.9. The average Bonchev–Trinajstić information content (AvgIpc) is 1.52. The molecule has 4 heterocycles. The van der Waals surface area contributed by atoms with Crippen LogP contribution in [0.2, 0.25) is 0 Å². The van der Waals surface area contributed by atoms with Crippen molar-refractivity contribution in [1.29, 1.82) is 0 Å². The third-order valence-electron chi connectivity index (χ3n) is 21.4. The van der Waals surface area contributed by atoms with E-state index in [9.17, 15) is 141 Å². The number of phenols is 22. The number of carbonyl (C=O) groups excluding carboxylic acids is 5. The van der Waals surface area contributed by atoms with Crippen LogP contribution in [-0.4, -0.2) is 255 Å². The van der Waals surface area contributed by atoms with Crippen LogP contribution in [-0.2, 0) is 24.2 Å². The Labute approximate surface area is 734 Å². The molecule has 3 fully saturated rings. The molecular formula is C93H91N7O29. The van der Waals surface area contributed by atoms with Gasteiger partial charge in [0.05, 0.1) is 24.8 Å². The number of oxazole rings is 1. The van der Waals surface area contributed by atoms with E-state index in [1.54, 1.807) is 60.3 Å². The van der Waals surface area contributed by atoms with Gasteiger partial charge in [0.15, 0.2) is 132 Å². The van der Waals surface area contributed by atoms with Gasteiger partial charge >= 0.3 is 5.95 Å². The lowest BCUT2D eigenvalue weighted by atomic mass is 9.81. The van der Waals surface area contributed by atoms with Gasteiger partial charge in [-0.05, 0) is 223 Å². The van der Waals surface area contributed by atoms with E-state index in [2.05, 4.69) is 14.9 Å². The van der Waals surface area contributed by atoms with Gasteiger partial charge < -0.3 is 146 Å². The molecule has 0 spiro atoms. The number of rotatable bonds is 18. The van der Waals surface area contributed by atoms with Crippen LogP contribution in [0.25, 0.3) is 11.5 Å². The Kier molecular flexibility index (Phi) is 29.0. The van der Waals surface area contributed by atoms with Gasteiger partial charge in [-0.25, -0.2) is 4.98 Å². The van der Waals surface area contributed by atoms with E-state index in [1.807, 2.05) is 7.05 Å². The monoisotopic (exact) mass is 1770 g/mol. The molecule has 3 saturated heterocycles. The summed E-state index contributed by atoms with van der Waals surface area (Å²) in [5.41, 5.74) is 5.41. The first-order valence-corrected chi connectivity index (χ1v) is 39.4. The maximum atomic E-state index is 12.9. The summed E-state index contributed by atoms with van der Waals surface area (Å²) in [5, 5.41) is 219. The van der Waals surface area contributed by atoms with Crippen LogP contribution in [0.15, 0.2) is 210 Å². The van der Waals surface area contributed by atoms with Crippen molar-refractivity contribution in [2.75, 3.05) is 60.4 Å². The van der Waals surface area contributed by atoms with Crippen molar-refractivity contribution in [1.82, 2.24) is 29.5 Å². The molecule has 36 heteroatoms. The van der Waals surface area contributed by atoms with E-state index in [4.69, 9.17) is 4.42 Å². The fourth-order valence-corrected chi connectivity index (χ4v) is 14.5. The van der Waals surface area contributed by atoms with Crippen molar-refractivity contribution >= 4 is 35.6 Å². The Hall–Kier alpha value is -16.8. The zero-order valence-corrected chi connectivity index (χ0v) is 69.0. The lowest BCUT2D eigenvalue weighted by Gasteiger charge is -2.34. The Morgan fingerprint density at radius 3 is 1.02 bits per heavy atom. The predicted octanol–water partition coefficient (Wildman–Crippen LogP) is 10.2. The first-order valence-electron chi connectivity index (χ1n) is 39.4. The number of aliphatic imine (C=N–C) groups is 1. The number of phenolic OH excluding ortho intramolecular Hbond substituents is 22. The largest absolute Gasteiger partial charge is 0.504 e. The predicted molar refractivity (Wildman–Crippen MR) is 462 cm³/mol. The van der Waals surface area contributed by atoms with Gasteiger partial charge in [0.1, 0.15) is 5.78 Å². The van der Waals surface area contributed by atoms with E-state index in [0.717, 1.165) is 11.1 Å². The summed E-state index contributed by atoms with van der Waals surface area (Å²) >= 11 is 0. The molecule has 3 aliphatic rings. The Morgan fingerprint density at radius 2 is 0.682 bits per heavy atom. The van der Waals surface area contributed by atoms with E-state index < -0.39 is 11.9 Å². The molecule has 672 valence electrons. The molecule has 3 aliphatic heterocycles. The minimum Gasteiger partial charge on any atom is -0.504 e. The highest BCUT2D eigenvalue weighted by Gasteiger charge is 2.48. The molecule has 0 aliphatic carbocycles. The lowest BCUT2D eigenvalue weighted by molar-refractivity contribution is -0.130. The number of carbonyl (C=O) groups is 5. The lowest BCUT2D eigenvalue weighted by Crippen LogP contribution is -2.50. The van der Waals surface area contributed by atoms with Crippen molar-refractivity contribution < 1.29 is 146 Å². The number of Topliss-reactive ketones (excluding diaryl/α,β-unsaturated/α-hetero) is 1. The van der Waals surface area contributed by atoms with Crippen LogP contribution < -0.4 is 0 Å². The number of aromatic nitrogens is 1. The van der Waals surface area contributed by atoms with Crippen LogP contribution in [0.5, 0.6) is 132 Å². The molecule has 2 bridgehead atoms. The highest BCUT2D eigenvalue weighted by Crippen LogP contribution is 2.43. The topological polar surface area (TPSA) is 605 Å². The average molecular weight is 1770 g/mol. The molecule has 4 unspecified atom stereocenters. The highest BCUT2D eigenvalue weighted by atomic mass is 16.5.